The maximum absolute atomic E-state index is 12.2. The summed E-state index contributed by atoms with van der Waals surface area (Å²) in [6, 6.07) is 11.3. The van der Waals surface area contributed by atoms with Crippen LogP contribution in [0.2, 0.25) is 0 Å². The van der Waals surface area contributed by atoms with Gasteiger partial charge in [0.15, 0.2) is 5.65 Å². The number of halogens is 1. The molecule has 7 nitrogen and oxygen atoms in total. The Morgan fingerprint density at radius 2 is 1.92 bits per heavy atom. The minimum Gasteiger partial charge on any atom is -0.465 e. The molecule has 0 atom stereocenters. The number of likely N-dealkylation sites (tertiary alicyclic amines) is 1. The third-order valence-electron chi connectivity index (χ3n) is 4.82. The van der Waals surface area contributed by atoms with Gasteiger partial charge in [0.1, 0.15) is 5.69 Å². The maximum atomic E-state index is 12.2. The predicted molar refractivity (Wildman–Crippen MR) is 101 cm³/mol. The highest BCUT2D eigenvalue weighted by Crippen LogP contribution is 2.33. The van der Waals surface area contributed by atoms with Gasteiger partial charge in [-0.25, -0.2) is 9.31 Å². The van der Waals surface area contributed by atoms with Crippen LogP contribution in [0.5, 0.6) is 0 Å². The molecule has 26 heavy (non-hydrogen) atoms. The summed E-state index contributed by atoms with van der Waals surface area (Å²) in [5, 5.41) is 13.8. The van der Waals surface area contributed by atoms with E-state index in [2.05, 4.69) is 20.9 Å². The van der Waals surface area contributed by atoms with Crippen molar-refractivity contribution in [2.24, 2.45) is 0 Å². The summed E-state index contributed by atoms with van der Waals surface area (Å²) in [6.07, 6.45) is 0.444. The number of nitrogens with zero attached hydrogens (tertiary/aromatic N) is 3. The zero-order chi connectivity index (χ0) is 18.3. The molecule has 0 radical (unpaired) electrons. The van der Waals surface area contributed by atoms with Crippen molar-refractivity contribution in [3.63, 3.8) is 0 Å². The summed E-state index contributed by atoms with van der Waals surface area (Å²) in [4.78, 5) is 27.6. The molecule has 2 N–H and O–H groups in total. The molecule has 1 amide bonds. The summed E-state index contributed by atoms with van der Waals surface area (Å²) in [5.74, 6) is 0.0887. The van der Waals surface area contributed by atoms with E-state index >= 15 is 0 Å². The SMILES string of the molecule is O=C(O)N1CCC(c2cc(=O)[nH]c3c(Br)c(-c4ccccc4)nn23)CC1. The number of nitrogens with one attached hydrogen (secondary N) is 1. The fourth-order valence-electron chi connectivity index (χ4n) is 3.48. The van der Waals surface area contributed by atoms with Crippen LogP contribution in [0.3, 0.4) is 0 Å². The van der Waals surface area contributed by atoms with Crippen molar-refractivity contribution in [2.75, 3.05) is 13.1 Å². The third-order valence-corrected chi connectivity index (χ3v) is 5.57. The Balaban J connectivity index is 1.79. The number of hydrogen-bond donors (Lipinski definition) is 2. The van der Waals surface area contributed by atoms with Gasteiger partial charge in [0.2, 0.25) is 0 Å². The van der Waals surface area contributed by atoms with E-state index in [4.69, 9.17) is 10.2 Å². The van der Waals surface area contributed by atoms with Gasteiger partial charge >= 0.3 is 6.09 Å². The summed E-state index contributed by atoms with van der Waals surface area (Å²) >= 11 is 3.57. The lowest BCUT2D eigenvalue weighted by Gasteiger charge is -2.30. The quantitative estimate of drug-likeness (QED) is 0.670. The molecule has 2 aromatic heterocycles. The first-order valence-electron chi connectivity index (χ1n) is 8.39. The number of amides is 1. The number of aromatic amines is 1. The average Bonchev–Trinajstić information content (AvgIpc) is 2.99. The fraction of sp³-hybridized carbons (Fsp3) is 0.278. The number of benzene rings is 1. The molecule has 134 valence electrons. The molecule has 4 rings (SSSR count). The molecule has 1 aliphatic rings. The number of H-pyrrole nitrogens is 1. The molecule has 8 heteroatoms. The second kappa shape index (κ2) is 6.60. The standard InChI is InChI=1S/C18H17BrN4O3/c19-15-16(12-4-2-1-3-5-12)21-23-13(10-14(24)20-17(15)23)11-6-8-22(9-7-11)18(25)26/h1-5,10-11H,6-9H2,(H,20,24)(H,25,26). The van der Waals surface area contributed by atoms with E-state index in [9.17, 15) is 9.59 Å². The molecular formula is C18H17BrN4O3. The van der Waals surface area contributed by atoms with Crippen LogP contribution in [0.25, 0.3) is 16.9 Å². The van der Waals surface area contributed by atoms with Crippen molar-refractivity contribution < 1.29 is 9.90 Å². The van der Waals surface area contributed by atoms with Crippen LogP contribution in [0, 0.1) is 0 Å². The highest BCUT2D eigenvalue weighted by Gasteiger charge is 2.26. The number of carbonyl (C=O) groups is 1. The zero-order valence-corrected chi connectivity index (χ0v) is 15.4. The summed E-state index contributed by atoms with van der Waals surface area (Å²) in [6.45, 7) is 0.921. The van der Waals surface area contributed by atoms with Gasteiger partial charge in [0.05, 0.1) is 10.2 Å². The van der Waals surface area contributed by atoms with E-state index in [1.807, 2.05) is 30.3 Å². The Bertz CT molecular complexity index is 1020. The molecular weight excluding hydrogens is 400 g/mol. The second-order valence-electron chi connectivity index (χ2n) is 6.39. The van der Waals surface area contributed by atoms with Crippen molar-refractivity contribution >= 4 is 27.7 Å². The fourth-order valence-corrected chi connectivity index (χ4v) is 4.06. The van der Waals surface area contributed by atoms with Crippen LogP contribution in [-0.4, -0.2) is 43.8 Å². The van der Waals surface area contributed by atoms with Crippen molar-refractivity contribution in [1.82, 2.24) is 19.5 Å². The monoisotopic (exact) mass is 416 g/mol. The number of piperidine rings is 1. The minimum atomic E-state index is -0.896. The first kappa shape index (κ1) is 16.8. The van der Waals surface area contributed by atoms with Gasteiger partial charge in [-0.15, -0.1) is 0 Å². The van der Waals surface area contributed by atoms with Gasteiger partial charge < -0.3 is 15.0 Å². The van der Waals surface area contributed by atoms with Gasteiger partial charge in [0, 0.05) is 30.6 Å². The molecule has 3 aromatic rings. The van der Waals surface area contributed by atoms with Crippen LogP contribution in [0.4, 0.5) is 4.79 Å². The van der Waals surface area contributed by atoms with Crippen molar-refractivity contribution in [3.8, 4) is 11.3 Å². The number of fused-ring (bicyclic) bond motifs is 1. The lowest BCUT2D eigenvalue weighted by atomic mass is 9.93. The Morgan fingerprint density at radius 1 is 1.23 bits per heavy atom. The van der Waals surface area contributed by atoms with Gasteiger partial charge in [-0.1, -0.05) is 30.3 Å². The molecule has 3 heterocycles. The highest BCUT2D eigenvalue weighted by atomic mass is 79.9. The van der Waals surface area contributed by atoms with Gasteiger partial charge in [-0.2, -0.15) is 5.10 Å². The molecule has 1 aromatic carbocycles. The van der Waals surface area contributed by atoms with Crippen LogP contribution >= 0.6 is 15.9 Å². The summed E-state index contributed by atoms with van der Waals surface area (Å²) in [5.41, 5.74) is 2.96. The predicted octanol–water partition coefficient (Wildman–Crippen LogP) is 3.31. The number of rotatable bonds is 2. The van der Waals surface area contributed by atoms with Crippen molar-refractivity contribution in [3.05, 3.63) is 56.9 Å². The maximum Gasteiger partial charge on any atom is 0.407 e. The molecule has 1 fully saturated rings. The normalized spacial score (nSPS) is 15.5. The smallest absolute Gasteiger partial charge is 0.407 e. The number of carboxylic acid groups (broad SMARTS) is 1. The lowest BCUT2D eigenvalue weighted by molar-refractivity contribution is 0.131. The first-order valence-corrected chi connectivity index (χ1v) is 9.18. The lowest BCUT2D eigenvalue weighted by Crippen LogP contribution is -2.37. The Hall–Kier alpha value is -2.61. The molecule has 1 saturated heterocycles. The van der Waals surface area contributed by atoms with E-state index < -0.39 is 6.09 Å². The average molecular weight is 417 g/mol. The van der Waals surface area contributed by atoms with E-state index in [0.29, 0.717) is 31.6 Å². The zero-order valence-electron chi connectivity index (χ0n) is 13.9. The summed E-state index contributed by atoms with van der Waals surface area (Å²) in [7, 11) is 0. The summed E-state index contributed by atoms with van der Waals surface area (Å²) < 4.78 is 2.51. The Labute approximate surface area is 157 Å². The van der Waals surface area contributed by atoms with E-state index in [0.717, 1.165) is 21.4 Å². The van der Waals surface area contributed by atoms with Crippen molar-refractivity contribution in [2.45, 2.75) is 18.8 Å². The third kappa shape index (κ3) is 2.90. The van der Waals surface area contributed by atoms with E-state index in [1.165, 1.54) is 4.90 Å². The molecule has 0 unspecified atom stereocenters. The highest BCUT2D eigenvalue weighted by molar-refractivity contribution is 9.10. The molecule has 0 aliphatic carbocycles. The molecule has 0 spiro atoms. The minimum absolute atomic E-state index is 0.0887. The van der Waals surface area contributed by atoms with Crippen LogP contribution in [0.1, 0.15) is 24.5 Å². The van der Waals surface area contributed by atoms with Crippen LogP contribution in [0.15, 0.2) is 45.7 Å². The van der Waals surface area contributed by atoms with Gasteiger partial charge in [0.25, 0.3) is 5.56 Å². The number of hydrogen-bond acceptors (Lipinski definition) is 3. The van der Waals surface area contributed by atoms with Crippen molar-refractivity contribution in [1.29, 1.82) is 0 Å². The Kier molecular flexibility index (Phi) is 4.28. The van der Waals surface area contributed by atoms with Crippen LogP contribution < -0.4 is 5.56 Å². The van der Waals surface area contributed by atoms with Crippen LogP contribution in [-0.2, 0) is 0 Å². The number of aromatic nitrogens is 3. The van der Waals surface area contributed by atoms with E-state index in [1.54, 1.807) is 10.6 Å². The topological polar surface area (TPSA) is 90.7 Å². The van der Waals surface area contributed by atoms with Gasteiger partial charge in [-0.05, 0) is 28.8 Å². The molecule has 0 saturated carbocycles. The molecule has 0 bridgehead atoms. The Morgan fingerprint density at radius 3 is 2.58 bits per heavy atom. The van der Waals surface area contributed by atoms with Gasteiger partial charge in [-0.3, -0.25) is 4.79 Å². The largest absolute Gasteiger partial charge is 0.465 e. The molecule has 1 aliphatic heterocycles. The second-order valence-corrected chi connectivity index (χ2v) is 7.18. The first-order chi connectivity index (χ1) is 12.5. The van der Waals surface area contributed by atoms with E-state index in [-0.39, 0.29) is 11.5 Å².